The van der Waals surface area contributed by atoms with Crippen molar-refractivity contribution in [3.05, 3.63) is 59.4 Å². The summed E-state index contributed by atoms with van der Waals surface area (Å²) in [7, 11) is 1.86. The van der Waals surface area contributed by atoms with Crippen LogP contribution in [0, 0.1) is 18.6 Å². The summed E-state index contributed by atoms with van der Waals surface area (Å²) in [5.74, 6) is 0.0818. The van der Waals surface area contributed by atoms with E-state index in [2.05, 4.69) is 15.5 Å². The summed E-state index contributed by atoms with van der Waals surface area (Å²) < 4.78 is 33.1. The molecule has 25 heavy (non-hydrogen) atoms. The monoisotopic (exact) mass is 343 g/mol. The molecule has 1 heterocycles. The van der Waals surface area contributed by atoms with Crippen molar-refractivity contribution in [2.45, 2.75) is 26.3 Å². The van der Waals surface area contributed by atoms with Crippen molar-refractivity contribution in [1.29, 1.82) is 0 Å². The minimum absolute atomic E-state index is 0.214. The maximum atomic E-state index is 14.6. The molecule has 0 amide bonds. The molecule has 1 N–H and O–H groups in total. The maximum Gasteiger partial charge on any atom is 0.258 e. The Bertz CT molecular complexity index is 892. The van der Waals surface area contributed by atoms with Gasteiger partial charge in [-0.05, 0) is 56.3 Å². The molecule has 0 aliphatic rings. The Hall–Kier alpha value is -2.60. The Morgan fingerprint density at radius 2 is 1.88 bits per heavy atom. The molecule has 2 aromatic carbocycles. The Labute approximate surface area is 144 Å². The Kier molecular flexibility index (Phi) is 4.90. The fourth-order valence-electron chi connectivity index (χ4n) is 2.63. The predicted octanol–water partition coefficient (Wildman–Crippen LogP) is 4.14. The SMILES string of the molecule is CNC(C)Cc1noc(-c2ccc(-c3ccc(F)cc3C)c(F)c2)n1. The average molecular weight is 343 g/mol. The number of hydrogen-bond donors (Lipinski definition) is 1. The van der Waals surface area contributed by atoms with Gasteiger partial charge < -0.3 is 9.84 Å². The van der Waals surface area contributed by atoms with Crippen LogP contribution in [-0.2, 0) is 6.42 Å². The standard InChI is InChI=1S/C19H19F2N3O/c1-11-8-14(20)5-7-15(11)16-6-4-13(10-17(16)21)19-23-18(24-25-19)9-12(2)22-3/h4-8,10,12,22H,9H2,1-3H3. The smallest absolute Gasteiger partial charge is 0.258 e. The number of benzene rings is 2. The number of aromatic nitrogens is 2. The van der Waals surface area contributed by atoms with Crippen LogP contribution in [0.25, 0.3) is 22.6 Å². The van der Waals surface area contributed by atoms with E-state index in [1.54, 1.807) is 25.1 Å². The van der Waals surface area contributed by atoms with Gasteiger partial charge in [0.05, 0.1) is 0 Å². The molecular weight excluding hydrogens is 324 g/mol. The van der Waals surface area contributed by atoms with Gasteiger partial charge in [0.2, 0.25) is 0 Å². The van der Waals surface area contributed by atoms with Crippen molar-refractivity contribution >= 4 is 0 Å². The van der Waals surface area contributed by atoms with Gasteiger partial charge in [-0.3, -0.25) is 0 Å². The third-order valence-corrected chi connectivity index (χ3v) is 4.14. The van der Waals surface area contributed by atoms with Crippen LogP contribution < -0.4 is 5.32 Å². The van der Waals surface area contributed by atoms with Gasteiger partial charge in [0.1, 0.15) is 11.6 Å². The van der Waals surface area contributed by atoms with E-state index in [-0.39, 0.29) is 17.7 Å². The molecule has 1 aromatic heterocycles. The highest BCUT2D eigenvalue weighted by Crippen LogP contribution is 2.29. The third kappa shape index (κ3) is 3.74. The zero-order chi connectivity index (χ0) is 18.0. The number of hydrogen-bond acceptors (Lipinski definition) is 4. The van der Waals surface area contributed by atoms with E-state index in [4.69, 9.17) is 4.52 Å². The van der Waals surface area contributed by atoms with Crippen molar-refractivity contribution in [3.8, 4) is 22.6 Å². The molecule has 1 unspecified atom stereocenters. The van der Waals surface area contributed by atoms with Gasteiger partial charge in [-0.25, -0.2) is 8.78 Å². The number of aryl methyl sites for hydroxylation is 1. The first-order chi connectivity index (χ1) is 12.0. The van der Waals surface area contributed by atoms with E-state index in [1.165, 1.54) is 18.2 Å². The van der Waals surface area contributed by atoms with E-state index in [0.717, 1.165) is 0 Å². The third-order valence-electron chi connectivity index (χ3n) is 4.14. The Morgan fingerprint density at radius 3 is 2.56 bits per heavy atom. The predicted molar refractivity (Wildman–Crippen MR) is 92.0 cm³/mol. The first-order valence-corrected chi connectivity index (χ1v) is 8.04. The van der Waals surface area contributed by atoms with Gasteiger partial charge in [0.15, 0.2) is 5.82 Å². The van der Waals surface area contributed by atoms with Crippen molar-refractivity contribution in [2.24, 2.45) is 0 Å². The van der Waals surface area contributed by atoms with Crippen LogP contribution in [0.5, 0.6) is 0 Å². The molecule has 0 fully saturated rings. The lowest BCUT2D eigenvalue weighted by atomic mass is 9.99. The summed E-state index contributed by atoms with van der Waals surface area (Å²) >= 11 is 0. The molecule has 0 aliphatic heterocycles. The first-order valence-electron chi connectivity index (χ1n) is 8.04. The van der Waals surface area contributed by atoms with Gasteiger partial charge in [-0.1, -0.05) is 17.3 Å². The van der Waals surface area contributed by atoms with Crippen LogP contribution in [0.2, 0.25) is 0 Å². The summed E-state index contributed by atoms with van der Waals surface area (Å²) in [6.07, 6.45) is 0.620. The van der Waals surface area contributed by atoms with E-state index in [0.29, 0.717) is 34.5 Å². The van der Waals surface area contributed by atoms with Gasteiger partial charge in [0.25, 0.3) is 5.89 Å². The van der Waals surface area contributed by atoms with Crippen LogP contribution in [0.1, 0.15) is 18.3 Å². The number of halogens is 2. The molecule has 4 nitrogen and oxygen atoms in total. The normalized spacial score (nSPS) is 12.4. The lowest BCUT2D eigenvalue weighted by Gasteiger charge is -2.08. The molecule has 3 aromatic rings. The van der Waals surface area contributed by atoms with Gasteiger partial charge in [-0.15, -0.1) is 0 Å². The summed E-state index contributed by atoms with van der Waals surface area (Å²) in [4.78, 5) is 4.31. The van der Waals surface area contributed by atoms with Gasteiger partial charge >= 0.3 is 0 Å². The molecule has 6 heteroatoms. The second-order valence-electron chi connectivity index (χ2n) is 6.06. The number of likely N-dealkylation sites (N-methyl/N-ethyl adjacent to an activating group) is 1. The Morgan fingerprint density at radius 1 is 1.12 bits per heavy atom. The summed E-state index contributed by atoms with van der Waals surface area (Å²) in [5, 5.41) is 7.02. The fraction of sp³-hybridized carbons (Fsp3) is 0.263. The lowest BCUT2D eigenvalue weighted by molar-refractivity contribution is 0.418. The minimum Gasteiger partial charge on any atom is -0.334 e. The van der Waals surface area contributed by atoms with E-state index in [1.807, 2.05) is 14.0 Å². The molecule has 0 aliphatic carbocycles. The van der Waals surface area contributed by atoms with Crippen molar-refractivity contribution in [1.82, 2.24) is 15.5 Å². The van der Waals surface area contributed by atoms with Crippen LogP contribution in [0.4, 0.5) is 8.78 Å². The van der Waals surface area contributed by atoms with Crippen LogP contribution in [0.15, 0.2) is 40.9 Å². The molecule has 1 atom stereocenters. The molecule has 130 valence electrons. The highest BCUT2D eigenvalue weighted by molar-refractivity contribution is 5.70. The summed E-state index contributed by atoms with van der Waals surface area (Å²) in [6.45, 7) is 3.76. The molecule has 0 saturated carbocycles. The summed E-state index contributed by atoms with van der Waals surface area (Å²) in [6, 6.07) is 9.22. The van der Waals surface area contributed by atoms with E-state index < -0.39 is 5.82 Å². The van der Waals surface area contributed by atoms with Crippen molar-refractivity contribution in [3.63, 3.8) is 0 Å². The largest absolute Gasteiger partial charge is 0.334 e. The molecule has 0 bridgehead atoms. The zero-order valence-corrected chi connectivity index (χ0v) is 14.3. The molecule has 3 rings (SSSR count). The topological polar surface area (TPSA) is 51.0 Å². The second-order valence-corrected chi connectivity index (χ2v) is 6.06. The number of rotatable bonds is 5. The number of nitrogens with zero attached hydrogens (tertiary/aromatic N) is 2. The Balaban J connectivity index is 1.89. The molecular formula is C19H19F2N3O. The maximum absolute atomic E-state index is 14.6. The van der Waals surface area contributed by atoms with Gasteiger partial charge in [-0.2, -0.15) is 4.98 Å². The average Bonchev–Trinajstić information content (AvgIpc) is 3.04. The zero-order valence-electron chi connectivity index (χ0n) is 14.3. The van der Waals surface area contributed by atoms with Crippen LogP contribution >= 0.6 is 0 Å². The molecule has 0 spiro atoms. The fourth-order valence-corrected chi connectivity index (χ4v) is 2.63. The molecule has 0 saturated heterocycles. The van der Waals surface area contributed by atoms with Crippen LogP contribution in [-0.4, -0.2) is 23.2 Å². The second kappa shape index (κ2) is 7.11. The van der Waals surface area contributed by atoms with Gasteiger partial charge in [0, 0.05) is 23.6 Å². The van der Waals surface area contributed by atoms with Crippen LogP contribution in [0.3, 0.4) is 0 Å². The van der Waals surface area contributed by atoms with E-state index >= 15 is 0 Å². The molecule has 0 radical (unpaired) electrons. The van der Waals surface area contributed by atoms with Crippen molar-refractivity contribution in [2.75, 3.05) is 7.05 Å². The highest BCUT2D eigenvalue weighted by atomic mass is 19.1. The van der Waals surface area contributed by atoms with E-state index in [9.17, 15) is 8.78 Å². The first kappa shape index (κ1) is 17.2. The highest BCUT2D eigenvalue weighted by Gasteiger charge is 2.15. The quantitative estimate of drug-likeness (QED) is 0.756. The minimum atomic E-state index is -0.421. The lowest BCUT2D eigenvalue weighted by Crippen LogP contribution is -2.24. The summed E-state index contributed by atoms with van der Waals surface area (Å²) in [5.41, 5.74) is 2.24. The number of nitrogens with one attached hydrogen (secondary N) is 1. The van der Waals surface area contributed by atoms with Crippen molar-refractivity contribution < 1.29 is 13.3 Å².